The fourth-order valence-corrected chi connectivity index (χ4v) is 3.14. The van der Waals surface area contributed by atoms with Gasteiger partial charge >= 0.3 is 0 Å². The van der Waals surface area contributed by atoms with Gasteiger partial charge in [-0.15, -0.1) is 0 Å². The predicted octanol–water partition coefficient (Wildman–Crippen LogP) is 4.43. The Labute approximate surface area is 171 Å². The number of para-hydroxylation sites is 1. The van der Waals surface area contributed by atoms with Gasteiger partial charge in [-0.25, -0.2) is 4.68 Å². The van der Waals surface area contributed by atoms with Crippen LogP contribution in [0, 0.1) is 6.92 Å². The Morgan fingerprint density at radius 2 is 1.62 bits per heavy atom. The number of nitrogens with one attached hydrogen (secondary N) is 1. The lowest BCUT2D eigenvalue weighted by Crippen LogP contribution is -2.22. The van der Waals surface area contributed by atoms with Crippen LogP contribution in [0.1, 0.15) is 37.6 Å². The lowest BCUT2D eigenvalue weighted by atomic mass is 9.87. The summed E-state index contributed by atoms with van der Waals surface area (Å²) in [6.07, 6.45) is 3.20. The van der Waals surface area contributed by atoms with Crippen LogP contribution in [0.3, 0.4) is 0 Å². The molecule has 29 heavy (non-hydrogen) atoms. The summed E-state index contributed by atoms with van der Waals surface area (Å²) >= 11 is 0. The summed E-state index contributed by atoms with van der Waals surface area (Å²) in [5.74, 6) is -0.337. The smallest absolute Gasteiger partial charge is 0.295 e. The zero-order valence-corrected chi connectivity index (χ0v) is 17.6. The zero-order chi connectivity index (χ0) is 21.2. The van der Waals surface area contributed by atoms with Crippen molar-refractivity contribution in [1.29, 1.82) is 0 Å². The Morgan fingerprint density at radius 1 is 1.00 bits per heavy atom. The average Bonchev–Trinajstić information content (AvgIpc) is 2.90. The van der Waals surface area contributed by atoms with Crippen LogP contribution >= 0.6 is 0 Å². The minimum absolute atomic E-state index is 0.0864. The Morgan fingerprint density at radius 3 is 2.21 bits per heavy atom. The highest BCUT2D eigenvalue weighted by molar-refractivity contribution is 6.02. The fourth-order valence-electron chi connectivity index (χ4n) is 3.14. The second-order valence-electron chi connectivity index (χ2n) is 8.13. The maximum absolute atomic E-state index is 12.9. The molecule has 0 unspecified atom stereocenters. The molecule has 0 radical (unpaired) electrons. The van der Waals surface area contributed by atoms with Crippen molar-refractivity contribution in [2.24, 2.45) is 7.05 Å². The van der Waals surface area contributed by atoms with Crippen molar-refractivity contribution in [3.63, 3.8) is 0 Å². The van der Waals surface area contributed by atoms with Crippen LogP contribution in [0.15, 0.2) is 65.5 Å². The van der Waals surface area contributed by atoms with E-state index in [-0.39, 0.29) is 22.6 Å². The number of hydrogen-bond acceptors (Lipinski definition) is 2. The Hall–Kier alpha value is -3.34. The minimum atomic E-state index is -0.337. The third-order valence-electron chi connectivity index (χ3n) is 5.01. The van der Waals surface area contributed by atoms with Gasteiger partial charge in [-0.2, -0.15) is 0 Å². The molecule has 0 aliphatic rings. The Kier molecular flexibility index (Phi) is 5.59. The minimum Gasteiger partial charge on any atom is -0.316 e. The van der Waals surface area contributed by atoms with Crippen molar-refractivity contribution in [3.8, 4) is 5.69 Å². The molecule has 3 rings (SSSR count). The van der Waals surface area contributed by atoms with E-state index >= 15 is 0 Å². The monoisotopic (exact) mass is 389 g/mol. The molecule has 0 atom stereocenters. The van der Waals surface area contributed by atoms with E-state index < -0.39 is 0 Å². The maximum atomic E-state index is 12.9. The van der Waals surface area contributed by atoms with Gasteiger partial charge in [0, 0.05) is 13.1 Å². The van der Waals surface area contributed by atoms with Gasteiger partial charge in [0.05, 0.1) is 11.4 Å². The first-order valence-corrected chi connectivity index (χ1v) is 9.62. The van der Waals surface area contributed by atoms with Crippen molar-refractivity contribution >= 4 is 17.7 Å². The number of amides is 1. The second-order valence-corrected chi connectivity index (χ2v) is 8.13. The van der Waals surface area contributed by atoms with Crippen LogP contribution in [0.4, 0.5) is 5.69 Å². The molecular weight excluding hydrogens is 362 g/mol. The number of carbonyl (C=O) groups is 1. The van der Waals surface area contributed by atoms with E-state index in [1.165, 1.54) is 11.6 Å². The molecule has 3 aromatic rings. The number of aromatic nitrogens is 2. The van der Waals surface area contributed by atoms with Crippen LogP contribution in [0.25, 0.3) is 11.8 Å². The maximum Gasteiger partial charge on any atom is 0.295 e. The predicted molar refractivity (Wildman–Crippen MR) is 119 cm³/mol. The van der Waals surface area contributed by atoms with E-state index in [1.54, 1.807) is 22.5 Å². The van der Waals surface area contributed by atoms with Crippen LogP contribution in [-0.4, -0.2) is 15.3 Å². The SMILES string of the molecule is Cc1c(NC(=O)/C=C\c2ccc(C(C)(C)C)cc2)c(=O)n(-c2ccccc2)n1C. The molecule has 0 aliphatic carbocycles. The number of anilines is 1. The molecule has 0 bridgehead atoms. The first kappa shape index (κ1) is 20.4. The van der Waals surface area contributed by atoms with Gasteiger partial charge in [-0.05, 0) is 41.7 Å². The summed E-state index contributed by atoms with van der Waals surface area (Å²) in [5.41, 5.74) is 3.72. The fraction of sp³-hybridized carbons (Fsp3) is 0.250. The molecule has 2 aromatic carbocycles. The highest BCUT2D eigenvalue weighted by Crippen LogP contribution is 2.22. The summed E-state index contributed by atoms with van der Waals surface area (Å²) in [4.78, 5) is 25.3. The molecule has 1 aromatic heterocycles. The van der Waals surface area contributed by atoms with Gasteiger partial charge in [0.15, 0.2) is 0 Å². The Bertz CT molecular complexity index is 1100. The van der Waals surface area contributed by atoms with E-state index in [0.29, 0.717) is 5.69 Å². The van der Waals surface area contributed by atoms with Gasteiger partial charge in [0.1, 0.15) is 5.69 Å². The van der Waals surface area contributed by atoms with Gasteiger partial charge in [-0.3, -0.25) is 14.3 Å². The van der Waals surface area contributed by atoms with Gasteiger partial charge in [0.25, 0.3) is 5.56 Å². The number of carbonyl (C=O) groups excluding carboxylic acids is 1. The van der Waals surface area contributed by atoms with Crippen molar-refractivity contribution in [1.82, 2.24) is 9.36 Å². The van der Waals surface area contributed by atoms with Crippen LogP contribution in [0.5, 0.6) is 0 Å². The molecule has 0 saturated heterocycles. The summed E-state index contributed by atoms with van der Waals surface area (Å²) in [6.45, 7) is 8.30. The molecule has 1 N–H and O–H groups in total. The zero-order valence-electron chi connectivity index (χ0n) is 17.6. The molecule has 0 fully saturated rings. The number of hydrogen-bond donors (Lipinski definition) is 1. The van der Waals surface area contributed by atoms with Crippen LogP contribution in [0.2, 0.25) is 0 Å². The first-order chi connectivity index (χ1) is 13.7. The molecule has 1 heterocycles. The topological polar surface area (TPSA) is 56.0 Å². The van der Waals surface area contributed by atoms with Gasteiger partial charge in [-0.1, -0.05) is 63.2 Å². The summed E-state index contributed by atoms with van der Waals surface area (Å²) < 4.78 is 3.28. The molecule has 150 valence electrons. The van der Waals surface area contributed by atoms with Gasteiger partial charge in [0.2, 0.25) is 5.91 Å². The van der Waals surface area contributed by atoms with Crippen molar-refractivity contribution < 1.29 is 4.79 Å². The largest absolute Gasteiger partial charge is 0.316 e. The summed E-state index contributed by atoms with van der Waals surface area (Å²) in [5, 5.41) is 2.74. The van der Waals surface area contributed by atoms with Crippen LogP contribution in [-0.2, 0) is 17.3 Å². The number of benzene rings is 2. The molecule has 5 heteroatoms. The molecular formula is C24H27N3O2. The Balaban J connectivity index is 1.79. The van der Waals surface area contributed by atoms with Crippen LogP contribution < -0.4 is 10.9 Å². The quantitative estimate of drug-likeness (QED) is 0.671. The number of rotatable bonds is 4. The summed E-state index contributed by atoms with van der Waals surface area (Å²) in [6, 6.07) is 17.5. The van der Waals surface area contributed by atoms with E-state index in [9.17, 15) is 9.59 Å². The lowest BCUT2D eigenvalue weighted by molar-refractivity contribution is -0.111. The average molecular weight is 389 g/mol. The number of nitrogens with zero attached hydrogens (tertiary/aromatic N) is 2. The van der Waals surface area contributed by atoms with Crippen molar-refractivity contribution in [3.05, 3.63) is 87.8 Å². The molecule has 1 amide bonds. The summed E-state index contributed by atoms with van der Waals surface area (Å²) in [7, 11) is 1.80. The standard InChI is InChI=1S/C24H27N3O2/c1-17-22(23(29)27(26(17)5)20-9-7-6-8-10-20)25-21(28)16-13-18-11-14-19(15-12-18)24(2,3)4/h6-16H,1-5H3,(H,25,28)/b16-13-. The highest BCUT2D eigenvalue weighted by Gasteiger charge is 2.17. The van der Waals surface area contributed by atoms with E-state index in [2.05, 4.69) is 38.2 Å². The van der Waals surface area contributed by atoms with Gasteiger partial charge < -0.3 is 5.32 Å². The first-order valence-electron chi connectivity index (χ1n) is 9.62. The molecule has 0 aliphatic heterocycles. The lowest BCUT2D eigenvalue weighted by Gasteiger charge is -2.18. The second kappa shape index (κ2) is 7.95. The third-order valence-corrected chi connectivity index (χ3v) is 5.01. The van der Waals surface area contributed by atoms with E-state index in [1.807, 2.05) is 49.4 Å². The molecule has 0 spiro atoms. The normalized spacial score (nSPS) is 11.8. The highest BCUT2D eigenvalue weighted by atomic mass is 16.2. The van der Waals surface area contributed by atoms with E-state index in [0.717, 1.165) is 11.3 Å². The van der Waals surface area contributed by atoms with Crippen molar-refractivity contribution in [2.45, 2.75) is 33.1 Å². The van der Waals surface area contributed by atoms with Crippen molar-refractivity contribution in [2.75, 3.05) is 5.32 Å². The third kappa shape index (κ3) is 4.40. The molecule has 5 nitrogen and oxygen atoms in total. The molecule has 0 saturated carbocycles. The van der Waals surface area contributed by atoms with E-state index in [4.69, 9.17) is 0 Å².